The molecule has 1 aliphatic heterocycles. The predicted octanol–water partition coefficient (Wildman–Crippen LogP) is 4.04. The van der Waals surface area contributed by atoms with E-state index in [2.05, 4.69) is 53.0 Å². The monoisotopic (exact) mass is 410 g/mol. The molecule has 156 valence electrons. The summed E-state index contributed by atoms with van der Waals surface area (Å²) in [6.07, 6.45) is 3.37. The minimum Gasteiger partial charge on any atom is -0.369 e. The summed E-state index contributed by atoms with van der Waals surface area (Å²) in [5.74, 6) is 0.775. The Labute approximate surface area is 173 Å². The van der Waals surface area contributed by atoms with Crippen LogP contribution in [-0.4, -0.2) is 51.3 Å². The van der Waals surface area contributed by atoms with Gasteiger partial charge in [-0.2, -0.15) is 0 Å². The second-order valence-electron chi connectivity index (χ2n) is 8.28. The first-order valence-electron chi connectivity index (χ1n) is 9.93. The van der Waals surface area contributed by atoms with Gasteiger partial charge in [0.1, 0.15) is 5.82 Å². The number of halogens is 2. The maximum Gasteiger partial charge on any atom is 0.168 e. The summed E-state index contributed by atoms with van der Waals surface area (Å²) >= 11 is 0. The van der Waals surface area contributed by atoms with Gasteiger partial charge in [0.15, 0.2) is 5.82 Å². The number of aromatic nitrogens is 4. The third-order valence-corrected chi connectivity index (χ3v) is 5.21. The van der Waals surface area contributed by atoms with Crippen molar-refractivity contribution in [2.75, 3.05) is 31.1 Å². The number of benzene rings is 1. The average Bonchev–Trinajstić information content (AvgIpc) is 3.13. The molecule has 3 rings (SSSR count). The predicted molar refractivity (Wildman–Crippen MR) is 113 cm³/mol. The summed E-state index contributed by atoms with van der Waals surface area (Å²) < 4.78 is 15.2. The van der Waals surface area contributed by atoms with Crippen LogP contribution in [0.25, 0.3) is 0 Å². The fraction of sp³-hybridized carbons (Fsp3) is 0.650. The van der Waals surface area contributed by atoms with Crippen molar-refractivity contribution >= 4 is 18.1 Å². The molecule has 1 fully saturated rings. The third-order valence-electron chi connectivity index (χ3n) is 5.21. The molecule has 0 spiro atoms. The van der Waals surface area contributed by atoms with Gasteiger partial charge in [-0.3, -0.25) is 4.90 Å². The number of nitrogens with zero attached hydrogens (tertiary/aromatic N) is 6. The Kier molecular flexibility index (Phi) is 7.78. The molecule has 1 aromatic carbocycles. The van der Waals surface area contributed by atoms with E-state index < -0.39 is 0 Å². The highest BCUT2D eigenvalue weighted by Crippen LogP contribution is 2.29. The van der Waals surface area contributed by atoms with Crippen LogP contribution in [0.1, 0.15) is 58.8 Å². The van der Waals surface area contributed by atoms with Gasteiger partial charge in [-0.05, 0) is 61.9 Å². The Balaban J connectivity index is 0.00000280. The highest BCUT2D eigenvalue weighted by molar-refractivity contribution is 5.85. The molecule has 1 aliphatic rings. The van der Waals surface area contributed by atoms with Crippen LogP contribution < -0.4 is 4.90 Å². The number of anilines is 1. The molecule has 28 heavy (non-hydrogen) atoms. The number of unbranched alkanes of at least 4 members (excludes halogenated alkanes) is 1. The van der Waals surface area contributed by atoms with Gasteiger partial charge in [-0.1, -0.05) is 19.8 Å². The van der Waals surface area contributed by atoms with Crippen molar-refractivity contribution in [1.82, 2.24) is 25.1 Å². The lowest BCUT2D eigenvalue weighted by Gasteiger charge is -2.40. The Morgan fingerprint density at radius 1 is 1.07 bits per heavy atom. The maximum absolute atomic E-state index is 13.2. The van der Waals surface area contributed by atoms with Gasteiger partial charge in [0.2, 0.25) is 0 Å². The van der Waals surface area contributed by atoms with Gasteiger partial charge < -0.3 is 4.90 Å². The first kappa shape index (κ1) is 22.6. The molecule has 0 aliphatic carbocycles. The molecule has 6 nitrogen and oxygen atoms in total. The second-order valence-corrected chi connectivity index (χ2v) is 8.28. The van der Waals surface area contributed by atoms with Crippen molar-refractivity contribution in [3.63, 3.8) is 0 Å². The Bertz CT molecular complexity index is 719. The number of tetrazole rings is 1. The fourth-order valence-corrected chi connectivity index (χ4v) is 3.70. The van der Waals surface area contributed by atoms with Crippen molar-refractivity contribution in [3.8, 4) is 0 Å². The number of rotatable bonds is 6. The van der Waals surface area contributed by atoms with Gasteiger partial charge in [0.25, 0.3) is 0 Å². The third kappa shape index (κ3) is 5.20. The highest BCUT2D eigenvalue weighted by Gasteiger charge is 2.31. The van der Waals surface area contributed by atoms with Crippen LogP contribution >= 0.6 is 12.4 Å². The molecule has 0 saturated carbocycles. The summed E-state index contributed by atoms with van der Waals surface area (Å²) in [5, 5.41) is 12.6. The lowest BCUT2D eigenvalue weighted by molar-refractivity contribution is 0.155. The Morgan fingerprint density at radius 2 is 1.71 bits per heavy atom. The zero-order chi connectivity index (χ0) is 19.4. The quantitative estimate of drug-likeness (QED) is 0.719. The minimum atomic E-state index is -0.189. The molecule has 2 heterocycles. The molecule has 8 heteroatoms. The topological polar surface area (TPSA) is 50.1 Å². The van der Waals surface area contributed by atoms with Crippen LogP contribution in [0.4, 0.5) is 10.1 Å². The van der Waals surface area contributed by atoms with Crippen LogP contribution in [0.5, 0.6) is 0 Å². The van der Waals surface area contributed by atoms with E-state index in [1.165, 1.54) is 12.1 Å². The summed E-state index contributed by atoms with van der Waals surface area (Å²) in [7, 11) is 0. The maximum atomic E-state index is 13.2. The molecule has 1 unspecified atom stereocenters. The molecule has 1 atom stereocenters. The van der Waals surface area contributed by atoms with Gasteiger partial charge in [0, 0.05) is 31.9 Å². The molecule has 0 bridgehead atoms. The average molecular weight is 411 g/mol. The van der Waals surface area contributed by atoms with Crippen LogP contribution in [0.2, 0.25) is 0 Å². The van der Waals surface area contributed by atoms with Crippen molar-refractivity contribution in [2.45, 2.75) is 58.5 Å². The standard InChI is InChI=1S/C20H31FN6.ClH/c1-5-6-7-18(19-22-23-24-27(19)20(2,3)4)26-14-12-25(13-15-26)17-10-8-16(21)9-11-17;/h8-11,18H,5-7,12-15H2,1-4H3;1H. The highest BCUT2D eigenvalue weighted by atomic mass is 35.5. The molecular formula is C20H32ClFN6. The largest absolute Gasteiger partial charge is 0.369 e. The molecule has 1 aromatic heterocycles. The van der Waals surface area contributed by atoms with Crippen LogP contribution in [0, 0.1) is 5.82 Å². The van der Waals surface area contributed by atoms with Gasteiger partial charge in [0.05, 0.1) is 11.6 Å². The SMILES string of the molecule is CCCCC(c1nnnn1C(C)(C)C)N1CCN(c2ccc(F)cc2)CC1.Cl. The van der Waals surface area contributed by atoms with E-state index in [1.54, 1.807) is 0 Å². The van der Waals surface area contributed by atoms with E-state index in [0.29, 0.717) is 0 Å². The molecule has 0 amide bonds. The molecule has 1 saturated heterocycles. The first-order valence-corrected chi connectivity index (χ1v) is 9.93. The fourth-order valence-electron chi connectivity index (χ4n) is 3.70. The van der Waals surface area contributed by atoms with Gasteiger partial charge >= 0.3 is 0 Å². The van der Waals surface area contributed by atoms with E-state index in [9.17, 15) is 4.39 Å². The van der Waals surface area contributed by atoms with Gasteiger partial charge in [-0.25, -0.2) is 9.07 Å². The van der Waals surface area contributed by atoms with E-state index >= 15 is 0 Å². The lowest BCUT2D eigenvalue weighted by Crippen LogP contribution is -2.48. The summed E-state index contributed by atoms with van der Waals surface area (Å²) in [4.78, 5) is 4.82. The Morgan fingerprint density at radius 3 is 2.29 bits per heavy atom. The van der Waals surface area contributed by atoms with E-state index in [0.717, 1.165) is 57.0 Å². The van der Waals surface area contributed by atoms with E-state index in [-0.39, 0.29) is 29.8 Å². The number of hydrogen-bond donors (Lipinski definition) is 0. The smallest absolute Gasteiger partial charge is 0.168 e. The molecule has 2 aromatic rings. The van der Waals surface area contributed by atoms with Crippen LogP contribution in [0.15, 0.2) is 24.3 Å². The summed E-state index contributed by atoms with van der Waals surface area (Å²) in [6.45, 7) is 12.4. The Hall–Kier alpha value is -1.73. The number of hydrogen-bond acceptors (Lipinski definition) is 5. The molecule has 0 radical (unpaired) electrons. The minimum absolute atomic E-state index is 0. The normalized spacial score (nSPS) is 16.7. The molecular weight excluding hydrogens is 379 g/mol. The van der Waals surface area contributed by atoms with E-state index in [4.69, 9.17) is 0 Å². The van der Waals surface area contributed by atoms with Crippen molar-refractivity contribution < 1.29 is 4.39 Å². The zero-order valence-electron chi connectivity index (χ0n) is 17.3. The van der Waals surface area contributed by atoms with Crippen molar-refractivity contribution in [1.29, 1.82) is 0 Å². The van der Waals surface area contributed by atoms with Gasteiger partial charge in [-0.15, -0.1) is 17.5 Å². The van der Waals surface area contributed by atoms with E-state index in [1.807, 2.05) is 16.8 Å². The van der Waals surface area contributed by atoms with Crippen molar-refractivity contribution in [2.24, 2.45) is 0 Å². The summed E-state index contributed by atoms with van der Waals surface area (Å²) in [5.41, 5.74) is 0.944. The number of piperazine rings is 1. The molecule has 0 N–H and O–H groups in total. The van der Waals surface area contributed by atoms with Crippen LogP contribution in [-0.2, 0) is 5.54 Å². The second kappa shape index (κ2) is 9.65. The van der Waals surface area contributed by atoms with Crippen LogP contribution in [0.3, 0.4) is 0 Å². The van der Waals surface area contributed by atoms with Crippen molar-refractivity contribution in [3.05, 3.63) is 35.9 Å². The zero-order valence-corrected chi connectivity index (χ0v) is 18.1. The lowest BCUT2D eigenvalue weighted by atomic mass is 10.0. The first-order chi connectivity index (χ1) is 12.9. The summed E-state index contributed by atoms with van der Waals surface area (Å²) in [6, 6.07) is 7.01.